The van der Waals surface area contributed by atoms with Crippen molar-refractivity contribution in [3.8, 4) is 0 Å². The number of thiazole rings is 1. The number of ether oxygens (including phenoxy) is 1. The minimum Gasteiger partial charge on any atom is -0.375 e. The lowest BCUT2D eigenvalue weighted by atomic mass is 10.0. The third-order valence-corrected chi connectivity index (χ3v) is 5.05. The Labute approximate surface area is 143 Å². The van der Waals surface area contributed by atoms with E-state index in [4.69, 9.17) is 10.5 Å². The molecular formula is C17H29N3O2S. The van der Waals surface area contributed by atoms with Gasteiger partial charge in [0.15, 0.2) is 5.13 Å². The molecule has 0 radical (unpaired) electrons. The highest BCUT2D eigenvalue weighted by Gasteiger charge is 2.31. The SMILES string of the molecule is CCCC[C@@H]1CN(C(=O)CCc2csc(N)n2)C[C@H](C(C)C)O1. The summed E-state index contributed by atoms with van der Waals surface area (Å²) < 4.78 is 6.18. The molecule has 0 aromatic carbocycles. The summed E-state index contributed by atoms with van der Waals surface area (Å²) in [4.78, 5) is 18.8. The monoisotopic (exact) mass is 339 g/mol. The molecular weight excluding hydrogens is 310 g/mol. The van der Waals surface area contributed by atoms with Gasteiger partial charge in [-0.25, -0.2) is 4.98 Å². The van der Waals surface area contributed by atoms with E-state index >= 15 is 0 Å². The van der Waals surface area contributed by atoms with Gasteiger partial charge in [0, 0.05) is 24.9 Å². The molecule has 0 bridgehead atoms. The Bertz CT molecular complexity index is 504. The molecule has 2 atom stereocenters. The summed E-state index contributed by atoms with van der Waals surface area (Å²) in [7, 11) is 0. The first-order valence-electron chi connectivity index (χ1n) is 8.62. The topological polar surface area (TPSA) is 68.5 Å². The number of carbonyl (C=O) groups is 1. The van der Waals surface area contributed by atoms with Crippen LogP contribution in [-0.2, 0) is 16.0 Å². The van der Waals surface area contributed by atoms with Crippen LogP contribution in [0.15, 0.2) is 5.38 Å². The van der Waals surface area contributed by atoms with E-state index in [1.807, 2.05) is 10.3 Å². The van der Waals surface area contributed by atoms with Gasteiger partial charge in [0.1, 0.15) is 0 Å². The third kappa shape index (κ3) is 5.46. The lowest BCUT2D eigenvalue weighted by Crippen LogP contribution is -2.51. The zero-order chi connectivity index (χ0) is 16.8. The van der Waals surface area contributed by atoms with Crippen LogP contribution in [0.25, 0.3) is 0 Å². The number of nitrogens with zero attached hydrogens (tertiary/aromatic N) is 2. The zero-order valence-electron chi connectivity index (χ0n) is 14.5. The predicted molar refractivity (Wildman–Crippen MR) is 94.5 cm³/mol. The van der Waals surface area contributed by atoms with Crippen LogP contribution in [0.1, 0.15) is 52.1 Å². The van der Waals surface area contributed by atoms with Crippen molar-refractivity contribution in [1.82, 2.24) is 9.88 Å². The first-order chi connectivity index (χ1) is 11.0. The molecule has 2 N–H and O–H groups in total. The first kappa shape index (κ1) is 18.2. The van der Waals surface area contributed by atoms with Crippen LogP contribution in [0, 0.1) is 5.92 Å². The Morgan fingerprint density at radius 2 is 2.30 bits per heavy atom. The second-order valence-electron chi connectivity index (χ2n) is 6.66. The molecule has 1 aliphatic heterocycles. The summed E-state index contributed by atoms with van der Waals surface area (Å²) in [6.07, 6.45) is 4.82. The maximum atomic E-state index is 12.6. The van der Waals surface area contributed by atoms with Gasteiger partial charge in [-0.2, -0.15) is 0 Å². The van der Waals surface area contributed by atoms with Crippen LogP contribution < -0.4 is 5.73 Å². The summed E-state index contributed by atoms with van der Waals surface area (Å²) in [5.41, 5.74) is 6.55. The number of morpholine rings is 1. The van der Waals surface area contributed by atoms with Gasteiger partial charge in [-0.05, 0) is 18.8 Å². The van der Waals surface area contributed by atoms with Gasteiger partial charge in [0.25, 0.3) is 0 Å². The number of rotatable bonds is 7. The molecule has 1 aliphatic rings. The summed E-state index contributed by atoms with van der Waals surface area (Å²) in [5.74, 6) is 0.625. The van der Waals surface area contributed by atoms with Gasteiger partial charge in [0.2, 0.25) is 5.91 Å². The maximum absolute atomic E-state index is 12.6. The number of unbranched alkanes of at least 4 members (excludes halogenated alkanes) is 1. The molecule has 0 unspecified atom stereocenters. The van der Waals surface area contributed by atoms with E-state index in [0.717, 1.165) is 31.5 Å². The molecule has 1 aromatic rings. The number of hydrogen-bond acceptors (Lipinski definition) is 5. The van der Waals surface area contributed by atoms with Crippen LogP contribution in [-0.4, -0.2) is 41.1 Å². The fourth-order valence-corrected chi connectivity index (χ4v) is 3.46. The van der Waals surface area contributed by atoms with Crippen molar-refractivity contribution in [2.24, 2.45) is 5.92 Å². The van der Waals surface area contributed by atoms with Crippen molar-refractivity contribution in [3.05, 3.63) is 11.1 Å². The smallest absolute Gasteiger partial charge is 0.223 e. The molecule has 1 amide bonds. The van der Waals surface area contributed by atoms with E-state index in [2.05, 4.69) is 25.8 Å². The van der Waals surface area contributed by atoms with E-state index in [9.17, 15) is 4.79 Å². The van der Waals surface area contributed by atoms with Gasteiger partial charge in [0.05, 0.1) is 17.9 Å². The molecule has 0 saturated carbocycles. The van der Waals surface area contributed by atoms with Crippen molar-refractivity contribution < 1.29 is 9.53 Å². The summed E-state index contributed by atoms with van der Waals surface area (Å²) in [6.45, 7) is 7.94. The number of anilines is 1. The number of aryl methyl sites for hydroxylation is 1. The average molecular weight is 340 g/mol. The standard InChI is InChI=1S/C17H29N3O2S/c1-4-5-6-14-9-20(10-15(22-14)12(2)3)16(21)8-7-13-11-23-17(18)19-13/h11-12,14-15H,4-10H2,1-3H3,(H2,18,19)/t14-,15-/m1/s1. The first-order valence-corrected chi connectivity index (χ1v) is 9.50. The average Bonchev–Trinajstić information content (AvgIpc) is 2.95. The molecule has 2 rings (SSSR count). The predicted octanol–water partition coefficient (Wildman–Crippen LogP) is 3.10. The summed E-state index contributed by atoms with van der Waals surface area (Å²) >= 11 is 1.43. The zero-order valence-corrected chi connectivity index (χ0v) is 15.3. The number of aromatic nitrogens is 1. The normalized spacial score (nSPS) is 21.8. The second-order valence-corrected chi connectivity index (χ2v) is 7.55. The highest BCUT2D eigenvalue weighted by Crippen LogP contribution is 2.22. The van der Waals surface area contributed by atoms with Gasteiger partial charge in [-0.3, -0.25) is 4.79 Å². The molecule has 6 heteroatoms. The highest BCUT2D eigenvalue weighted by molar-refractivity contribution is 7.13. The lowest BCUT2D eigenvalue weighted by Gasteiger charge is -2.40. The Morgan fingerprint density at radius 3 is 2.91 bits per heavy atom. The second kappa shape index (κ2) is 8.64. The molecule has 23 heavy (non-hydrogen) atoms. The van der Waals surface area contributed by atoms with E-state index < -0.39 is 0 Å². The van der Waals surface area contributed by atoms with Crippen LogP contribution in [0.3, 0.4) is 0 Å². The third-order valence-electron chi connectivity index (χ3n) is 4.33. The Kier molecular flexibility index (Phi) is 6.84. The van der Waals surface area contributed by atoms with Crippen molar-refractivity contribution in [3.63, 3.8) is 0 Å². The van der Waals surface area contributed by atoms with Crippen molar-refractivity contribution in [2.45, 2.75) is 65.1 Å². The summed E-state index contributed by atoms with van der Waals surface area (Å²) in [6, 6.07) is 0. The molecule has 1 aromatic heterocycles. The number of nitrogens with two attached hydrogens (primary N) is 1. The molecule has 0 spiro atoms. The Morgan fingerprint density at radius 1 is 1.52 bits per heavy atom. The molecule has 2 heterocycles. The maximum Gasteiger partial charge on any atom is 0.223 e. The van der Waals surface area contributed by atoms with E-state index in [-0.39, 0.29) is 18.1 Å². The van der Waals surface area contributed by atoms with Crippen molar-refractivity contribution in [1.29, 1.82) is 0 Å². The lowest BCUT2D eigenvalue weighted by molar-refractivity contribution is -0.150. The van der Waals surface area contributed by atoms with Crippen LogP contribution in [0.5, 0.6) is 0 Å². The van der Waals surface area contributed by atoms with Gasteiger partial charge >= 0.3 is 0 Å². The fraction of sp³-hybridized carbons (Fsp3) is 0.765. The number of amides is 1. The van der Waals surface area contributed by atoms with Crippen LogP contribution in [0.2, 0.25) is 0 Å². The molecule has 1 saturated heterocycles. The quantitative estimate of drug-likeness (QED) is 0.829. The minimum atomic E-state index is 0.143. The number of nitrogen functional groups attached to an aromatic ring is 1. The largest absolute Gasteiger partial charge is 0.375 e. The van der Waals surface area contributed by atoms with Crippen molar-refractivity contribution >= 4 is 22.4 Å². The molecule has 0 aliphatic carbocycles. The van der Waals surface area contributed by atoms with E-state index in [1.54, 1.807) is 0 Å². The molecule has 130 valence electrons. The number of carbonyl (C=O) groups excluding carboxylic acids is 1. The van der Waals surface area contributed by atoms with E-state index in [0.29, 0.717) is 30.4 Å². The Balaban J connectivity index is 1.90. The van der Waals surface area contributed by atoms with Crippen molar-refractivity contribution in [2.75, 3.05) is 18.8 Å². The fourth-order valence-electron chi connectivity index (χ4n) is 2.86. The van der Waals surface area contributed by atoms with Crippen LogP contribution >= 0.6 is 11.3 Å². The van der Waals surface area contributed by atoms with Gasteiger partial charge in [-0.1, -0.05) is 33.6 Å². The van der Waals surface area contributed by atoms with Gasteiger partial charge < -0.3 is 15.4 Å². The van der Waals surface area contributed by atoms with Crippen LogP contribution in [0.4, 0.5) is 5.13 Å². The number of hydrogen-bond donors (Lipinski definition) is 1. The Hall–Kier alpha value is -1.14. The summed E-state index contributed by atoms with van der Waals surface area (Å²) in [5, 5.41) is 2.50. The highest BCUT2D eigenvalue weighted by atomic mass is 32.1. The molecule has 5 nitrogen and oxygen atoms in total. The van der Waals surface area contributed by atoms with Gasteiger partial charge in [-0.15, -0.1) is 11.3 Å². The molecule has 1 fully saturated rings. The van der Waals surface area contributed by atoms with E-state index in [1.165, 1.54) is 11.3 Å². The minimum absolute atomic E-state index is 0.143.